The van der Waals surface area contributed by atoms with Crippen LogP contribution in [0.3, 0.4) is 0 Å². The quantitative estimate of drug-likeness (QED) is 0.273. The van der Waals surface area contributed by atoms with Crippen LogP contribution in [0.25, 0.3) is 11.1 Å². The van der Waals surface area contributed by atoms with Gasteiger partial charge in [-0.2, -0.15) is 4.31 Å². The first-order valence-electron chi connectivity index (χ1n) is 12.2. The van der Waals surface area contributed by atoms with Crippen molar-refractivity contribution in [2.45, 2.75) is 29.3 Å². The van der Waals surface area contributed by atoms with Crippen LogP contribution in [0.1, 0.15) is 28.4 Å². The Labute approximate surface area is 230 Å². The van der Waals surface area contributed by atoms with Gasteiger partial charge in [0.15, 0.2) is 0 Å². The fourth-order valence-corrected chi connectivity index (χ4v) is 6.97. The highest BCUT2D eigenvalue weighted by Gasteiger charge is 2.67. The zero-order valence-electron chi connectivity index (χ0n) is 20.6. The number of carboxylic acid groups (broad SMARTS) is 2. The Balaban J connectivity index is 1.53. The van der Waals surface area contributed by atoms with E-state index in [-0.39, 0.29) is 30.1 Å². The minimum absolute atomic E-state index is 0.0144. The molecule has 1 saturated carbocycles. The molecule has 200 valence electrons. The van der Waals surface area contributed by atoms with Crippen molar-refractivity contribution in [3.05, 3.63) is 113 Å². The lowest BCUT2D eigenvalue weighted by molar-refractivity contribution is -0.143. The highest BCUT2D eigenvalue weighted by atomic mass is 35.5. The van der Waals surface area contributed by atoms with Gasteiger partial charge in [0.25, 0.3) is 0 Å². The van der Waals surface area contributed by atoms with E-state index in [1.807, 2.05) is 18.2 Å². The molecule has 2 N–H and O–H groups in total. The van der Waals surface area contributed by atoms with E-state index in [1.165, 1.54) is 29.0 Å². The highest BCUT2D eigenvalue weighted by Crippen LogP contribution is 2.57. The summed E-state index contributed by atoms with van der Waals surface area (Å²) in [6.07, 6.45) is 1.64. The third-order valence-corrected chi connectivity index (χ3v) is 9.37. The molecule has 1 aromatic heterocycles. The van der Waals surface area contributed by atoms with Crippen molar-refractivity contribution >= 4 is 33.6 Å². The molecule has 10 heteroatoms. The average molecular weight is 565 g/mol. The lowest BCUT2D eigenvalue weighted by Gasteiger charge is -2.30. The van der Waals surface area contributed by atoms with Crippen LogP contribution in [-0.4, -0.2) is 51.5 Å². The molecule has 0 saturated heterocycles. The van der Waals surface area contributed by atoms with Gasteiger partial charge in [0, 0.05) is 30.2 Å². The number of aromatic nitrogens is 1. The fraction of sp³-hybridized carbons (Fsp3) is 0.172. The summed E-state index contributed by atoms with van der Waals surface area (Å²) in [4.78, 5) is 24.3. The van der Waals surface area contributed by atoms with Crippen LogP contribution >= 0.6 is 11.6 Å². The largest absolute Gasteiger partial charge is 0.480 e. The lowest BCUT2D eigenvalue weighted by atomic mass is 10.1. The Hall–Kier alpha value is -3.92. The summed E-state index contributed by atoms with van der Waals surface area (Å²) in [6.45, 7) is -0.265. The number of halogens is 1. The molecule has 1 aliphatic rings. The molecule has 0 bridgehead atoms. The summed E-state index contributed by atoms with van der Waals surface area (Å²) in [5.74, 6) is -2.96. The van der Waals surface area contributed by atoms with Gasteiger partial charge in [0.05, 0.1) is 4.90 Å². The molecule has 1 aliphatic carbocycles. The number of rotatable bonds is 10. The first-order chi connectivity index (χ1) is 18.6. The van der Waals surface area contributed by atoms with Crippen LogP contribution in [0, 0.1) is 0 Å². The van der Waals surface area contributed by atoms with Crippen molar-refractivity contribution in [2.24, 2.45) is 0 Å². The molecule has 5 rings (SSSR count). The van der Waals surface area contributed by atoms with Gasteiger partial charge in [0.1, 0.15) is 11.2 Å². The standard InChI is InChI=1S/C29H25ClN2O6S/c30-23-12-8-20(9-13-23)21-10-14-24(15-11-21)39(37,38)32(18-17-31-16-4-7-26(31)27(33)34)29(28(35)36)19-25(29)22-5-2-1-3-6-22/h1-16,25H,17-19H2,(H,33,34)(H,35,36)/t25-,29+/m0/s1. The summed E-state index contributed by atoms with van der Waals surface area (Å²) in [5, 5.41) is 20.5. The van der Waals surface area contributed by atoms with Crippen LogP contribution in [0.4, 0.5) is 0 Å². The third-order valence-electron chi connectivity index (χ3n) is 7.16. The number of benzene rings is 3. The molecule has 0 amide bonds. The minimum atomic E-state index is -4.30. The molecular formula is C29H25ClN2O6S. The van der Waals surface area contributed by atoms with E-state index < -0.39 is 33.4 Å². The van der Waals surface area contributed by atoms with Gasteiger partial charge in [-0.3, -0.25) is 4.79 Å². The van der Waals surface area contributed by atoms with E-state index in [0.29, 0.717) is 5.02 Å². The van der Waals surface area contributed by atoms with E-state index in [4.69, 9.17) is 11.6 Å². The molecule has 0 spiro atoms. The Morgan fingerprint density at radius 1 is 0.897 bits per heavy atom. The van der Waals surface area contributed by atoms with E-state index in [1.54, 1.807) is 54.6 Å². The summed E-state index contributed by atoms with van der Waals surface area (Å²) in [5.41, 5.74) is 0.635. The lowest BCUT2D eigenvalue weighted by Crippen LogP contribution is -2.49. The summed E-state index contributed by atoms with van der Waals surface area (Å²) in [7, 11) is -4.30. The van der Waals surface area contributed by atoms with E-state index in [0.717, 1.165) is 21.0 Å². The van der Waals surface area contributed by atoms with Crippen LogP contribution in [0.5, 0.6) is 0 Å². The molecule has 0 unspecified atom stereocenters. The van der Waals surface area contributed by atoms with Gasteiger partial charge in [0.2, 0.25) is 10.0 Å². The zero-order valence-corrected chi connectivity index (χ0v) is 22.2. The van der Waals surface area contributed by atoms with Crippen molar-refractivity contribution in [3.8, 4) is 11.1 Å². The number of aromatic carboxylic acids is 1. The highest BCUT2D eigenvalue weighted by molar-refractivity contribution is 7.89. The normalized spacial score (nSPS) is 18.7. The molecule has 1 fully saturated rings. The maximum Gasteiger partial charge on any atom is 0.352 e. The molecular weight excluding hydrogens is 540 g/mol. The average Bonchev–Trinajstić information content (AvgIpc) is 3.50. The SMILES string of the molecule is O=C(O)c1cccn1CCN([C@]1(C(=O)O)C[C@H]1c1ccccc1)S(=O)(=O)c1ccc(-c2ccc(Cl)cc2)cc1. The minimum Gasteiger partial charge on any atom is -0.480 e. The van der Waals surface area contributed by atoms with Crippen LogP contribution in [-0.2, 0) is 21.4 Å². The predicted molar refractivity (Wildman–Crippen MR) is 146 cm³/mol. The monoisotopic (exact) mass is 564 g/mol. The van der Waals surface area contributed by atoms with Gasteiger partial charge < -0.3 is 14.8 Å². The Morgan fingerprint density at radius 3 is 2.10 bits per heavy atom. The van der Waals surface area contributed by atoms with Crippen molar-refractivity contribution < 1.29 is 28.2 Å². The van der Waals surface area contributed by atoms with Crippen LogP contribution in [0.15, 0.2) is 102 Å². The van der Waals surface area contributed by atoms with Crippen molar-refractivity contribution in [2.75, 3.05) is 6.54 Å². The number of carboxylic acids is 2. The van der Waals surface area contributed by atoms with Gasteiger partial charge in [-0.15, -0.1) is 0 Å². The van der Waals surface area contributed by atoms with Gasteiger partial charge in [-0.1, -0.05) is 66.2 Å². The van der Waals surface area contributed by atoms with Gasteiger partial charge in [-0.05, 0) is 59.5 Å². The summed E-state index contributed by atoms with van der Waals surface area (Å²) >= 11 is 5.98. The smallest absolute Gasteiger partial charge is 0.352 e. The van der Waals surface area contributed by atoms with Crippen molar-refractivity contribution in [1.82, 2.24) is 8.87 Å². The van der Waals surface area contributed by atoms with Gasteiger partial charge in [-0.25, -0.2) is 13.2 Å². The second-order valence-corrected chi connectivity index (χ2v) is 11.7. The number of sulfonamides is 1. The molecule has 3 aromatic carbocycles. The number of carbonyl (C=O) groups is 2. The summed E-state index contributed by atoms with van der Waals surface area (Å²) < 4.78 is 30.6. The maximum atomic E-state index is 14.1. The second kappa shape index (κ2) is 10.3. The van der Waals surface area contributed by atoms with Crippen LogP contribution in [0.2, 0.25) is 5.02 Å². The van der Waals surface area contributed by atoms with E-state index in [9.17, 15) is 28.2 Å². The Bertz CT molecular complexity index is 1620. The molecule has 39 heavy (non-hydrogen) atoms. The number of hydrogen-bond donors (Lipinski definition) is 2. The molecule has 2 atom stereocenters. The maximum absolute atomic E-state index is 14.1. The Kier molecular flexibility index (Phi) is 7.07. The van der Waals surface area contributed by atoms with Crippen molar-refractivity contribution in [1.29, 1.82) is 0 Å². The molecule has 0 aliphatic heterocycles. The molecule has 4 aromatic rings. The van der Waals surface area contributed by atoms with E-state index >= 15 is 0 Å². The number of nitrogens with zero attached hydrogens (tertiary/aromatic N) is 2. The topological polar surface area (TPSA) is 117 Å². The Morgan fingerprint density at radius 2 is 1.51 bits per heavy atom. The van der Waals surface area contributed by atoms with E-state index in [2.05, 4.69) is 0 Å². The zero-order chi connectivity index (χ0) is 27.8. The molecule has 0 radical (unpaired) electrons. The second-order valence-electron chi connectivity index (χ2n) is 9.40. The van der Waals surface area contributed by atoms with Crippen LogP contribution < -0.4 is 0 Å². The predicted octanol–water partition coefficient (Wildman–Crippen LogP) is 5.21. The molecule has 8 nitrogen and oxygen atoms in total. The molecule has 1 heterocycles. The van der Waals surface area contributed by atoms with Crippen molar-refractivity contribution in [3.63, 3.8) is 0 Å². The number of hydrogen-bond acceptors (Lipinski definition) is 4. The fourth-order valence-electron chi connectivity index (χ4n) is 5.07. The first-order valence-corrected chi connectivity index (χ1v) is 14.0. The first kappa shape index (κ1) is 26.7. The number of aliphatic carboxylic acids is 1. The van der Waals surface area contributed by atoms with Gasteiger partial charge >= 0.3 is 11.9 Å². The third kappa shape index (κ3) is 4.96. The summed E-state index contributed by atoms with van der Waals surface area (Å²) in [6, 6.07) is 25.3.